The number of piperazine rings is 1. The van der Waals surface area contributed by atoms with Crippen LogP contribution < -0.4 is 4.90 Å². The number of alkyl halides is 3. The van der Waals surface area contributed by atoms with Gasteiger partial charge in [-0.3, -0.25) is 4.40 Å². The summed E-state index contributed by atoms with van der Waals surface area (Å²) in [6.45, 7) is 1.17. The third-order valence-corrected chi connectivity index (χ3v) is 3.70. The zero-order valence-electron chi connectivity index (χ0n) is 11.4. The Bertz CT molecular complexity index is 705. The van der Waals surface area contributed by atoms with Gasteiger partial charge >= 0.3 is 12.3 Å². The van der Waals surface area contributed by atoms with Gasteiger partial charge in [-0.05, 0) is 12.1 Å². The normalized spacial score (nSPS) is 16.3. The highest BCUT2D eigenvalue weighted by Gasteiger charge is 2.32. The van der Waals surface area contributed by atoms with Crippen molar-refractivity contribution in [1.82, 2.24) is 14.3 Å². The lowest BCUT2D eigenvalue weighted by Crippen LogP contribution is -2.48. The van der Waals surface area contributed by atoms with Gasteiger partial charge in [-0.15, -0.1) is 0 Å². The van der Waals surface area contributed by atoms with Crippen molar-refractivity contribution in [1.29, 1.82) is 0 Å². The fraction of sp³-hybridized carbons (Fsp3) is 0.385. The number of hydrogen-bond acceptors (Lipinski definition) is 3. The Kier molecular flexibility index (Phi) is 3.34. The Morgan fingerprint density at radius 2 is 1.86 bits per heavy atom. The summed E-state index contributed by atoms with van der Waals surface area (Å²) < 4.78 is 40.6. The van der Waals surface area contributed by atoms with Crippen LogP contribution in [0.5, 0.6) is 0 Å². The van der Waals surface area contributed by atoms with Crippen molar-refractivity contribution in [2.24, 2.45) is 0 Å². The predicted octanol–water partition coefficient (Wildman–Crippen LogP) is 2.15. The minimum atomic E-state index is -4.44. The Morgan fingerprint density at radius 1 is 1.18 bits per heavy atom. The zero-order valence-corrected chi connectivity index (χ0v) is 11.4. The molecular formula is C13H13F3N4O2. The number of rotatable bonds is 1. The van der Waals surface area contributed by atoms with Crippen LogP contribution in [0.15, 0.2) is 24.7 Å². The molecule has 1 N–H and O–H groups in total. The molecule has 1 amide bonds. The lowest BCUT2D eigenvalue weighted by Gasteiger charge is -2.35. The first-order valence-corrected chi connectivity index (χ1v) is 6.62. The number of nitrogens with zero attached hydrogens (tertiary/aromatic N) is 4. The summed E-state index contributed by atoms with van der Waals surface area (Å²) in [4.78, 5) is 17.8. The molecule has 0 aliphatic carbocycles. The fourth-order valence-corrected chi connectivity index (χ4v) is 2.55. The van der Waals surface area contributed by atoms with E-state index in [-0.39, 0.29) is 13.1 Å². The van der Waals surface area contributed by atoms with Crippen LogP contribution in [0.3, 0.4) is 0 Å². The Labute approximate surface area is 123 Å². The smallest absolute Gasteiger partial charge is 0.416 e. The molecule has 0 unspecified atom stereocenters. The maximum absolute atomic E-state index is 13.0. The number of amides is 1. The van der Waals surface area contributed by atoms with Crippen molar-refractivity contribution in [3.8, 4) is 0 Å². The molecule has 0 radical (unpaired) electrons. The van der Waals surface area contributed by atoms with Gasteiger partial charge < -0.3 is 14.9 Å². The van der Waals surface area contributed by atoms with Crippen LogP contribution in [0.4, 0.5) is 23.8 Å². The van der Waals surface area contributed by atoms with Gasteiger partial charge in [-0.2, -0.15) is 13.2 Å². The van der Waals surface area contributed by atoms with Crippen LogP contribution in [-0.2, 0) is 6.18 Å². The molecule has 1 aliphatic rings. The summed E-state index contributed by atoms with van der Waals surface area (Å²) in [5, 5.41) is 8.93. The summed E-state index contributed by atoms with van der Waals surface area (Å²) in [6.07, 6.45) is -2.64. The van der Waals surface area contributed by atoms with Gasteiger partial charge in [0.05, 0.1) is 17.3 Å². The number of imidazole rings is 1. The second kappa shape index (κ2) is 5.08. The maximum Gasteiger partial charge on any atom is 0.416 e. The molecule has 118 valence electrons. The number of carbonyl (C=O) groups is 1. The van der Waals surface area contributed by atoms with E-state index in [0.717, 1.165) is 12.1 Å². The summed E-state index contributed by atoms with van der Waals surface area (Å²) >= 11 is 0. The zero-order chi connectivity index (χ0) is 15.9. The van der Waals surface area contributed by atoms with Crippen molar-refractivity contribution in [2.45, 2.75) is 6.18 Å². The highest BCUT2D eigenvalue weighted by Crippen LogP contribution is 2.33. The number of aromatic nitrogens is 2. The molecule has 3 rings (SSSR count). The minimum absolute atomic E-state index is 0.252. The van der Waals surface area contributed by atoms with Crippen molar-refractivity contribution >= 4 is 17.4 Å². The molecule has 0 spiro atoms. The van der Waals surface area contributed by atoms with Gasteiger partial charge in [0, 0.05) is 26.2 Å². The third kappa shape index (κ3) is 2.53. The highest BCUT2D eigenvalue weighted by atomic mass is 19.4. The number of hydrogen-bond donors (Lipinski definition) is 1. The first-order chi connectivity index (χ1) is 10.4. The molecule has 1 aliphatic heterocycles. The number of anilines is 1. The Balaban J connectivity index is 1.96. The van der Waals surface area contributed by atoms with E-state index in [2.05, 4.69) is 4.98 Å². The Hall–Kier alpha value is -2.45. The van der Waals surface area contributed by atoms with Crippen molar-refractivity contribution in [3.63, 3.8) is 0 Å². The summed E-state index contributed by atoms with van der Waals surface area (Å²) in [5.41, 5.74) is -0.387. The molecule has 0 aromatic carbocycles. The molecule has 0 saturated carbocycles. The van der Waals surface area contributed by atoms with Crippen LogP contribution in [0, 0.1) is 0 Å². The number of fused-ring (bicyclic) bond motifs is 1. The predicted molar refractivity (Wildman–Crippen MR) is 72.0 cm³/mol. The average molecular weight is 314 g/mol. The minimum Gasteiger partial charge on any atom is -0.465 e. The van der Waals surface area contributed by atoms with Crippen LogP contribution in [0.25, 0.3) is 5.52 Å². The molecule has 2 aromatic heterocycles. The summed E-state index contributed by atoms with van der Waals surface area (Å²) in [6, 6.07) is 2.12. The second-order valence-electron chi connectivity index (χ2n) is 5.05. The average Bonchev–Trinajstić information content (AvgIpc) is 2.93. The second-order valence-corrected chi connectivity index (χ2v) is 5.05. The van der Waals surface area contributed by atoms with Gasteiger partial charge in [-0.25, -0.2) is 9.78 Å². The van der Waals surface area contributed by atoms with E-state index in [1.54, 1.807) is 9.30 Å². The fourth-order valence-electron chi connectivity index (χ4n) is 2.55. The SMILES string of the molecule is O=C(O)N1CCN(c2cc(C(F)(F)F)cc3cncn23)CC1. The molecule has 9 heteroatoms. The van der Waals surface area contributed by atoms with Crippen LogP contribution in [0.2, 0.25) is 0 Å². The molecule has 0 atom stereocenters. The highest BCUT2D eigenvalue weighted by molar-refractivity contribution is 5.66. The molecule has 2 aromatic rings. The van der Waals surface area contributed by atoms with Crippen LogP contribution in [0.1, 0.15) is 5.56 Å². The van der Waals surface area contributed by atoms with Gasteiger partial charge in [-0.1, -0.05) is 0 Å². The van der Waals surface area contributed by atoms with E-state index in [9.17, 15) is 18.0 Å². The molecule has 0 bridgehead atoms. The molecule has 1 fully saturated rings. The van der Waals surface area contributed by atoms with Gasteiger partial charge in [0.1, 0.15) is 12.1 Å². The topological polar surface area (TPSA) is 61.1 Å². The number of carboxylic acid groups (broad SMARTS) is 1. The van der Waals surface area contributed by atoms with Crippen molar-refractivity contribution < 1.29 is 23.1 Å². The van der Waals surface area contributed by atoms with E-state index < -0.39 is 17.8 Å². The van der Waals surface area contributed by atoms with E-state index in [1.807, 2.05) is 0 Å². The summed E-state index contributed by atoms with van der Waals surface area (Å²) in [5.74, 6) is 0.368. The van der Waals surface area contributed by atoms with Crippen LogP contribution in [-0.4, -0.2) is 51.7 Å². The van der Waals surface area contributed by atoms with Gasteiger partial charge in [0.2, 0.25) is 0 Å². The lowest BCUT2D eigenvalue weighted by molar-refractivity contribution is -0.137. The van der Waals surface area contributed by atoms with E-state index in [0.29, 0.717) is 24.4 Å². The molecule has 1 saturated heterocycles. The Morgan fingerprint density at radius 3 is 2.45 bits per heavy atom. The maximum atomic E-state index is 13.0. The van der Waals surface area contributed by atoms with Gasteiger partial charge in [0.15, 0.2) is 0 Å². The quantitative estimate of drug-likeness (QED) is 0.876. The van der Waals surface area contributed by atoms with Crippen molar-refractivity contribution in [3.05, 3.63) is 30.2 Å². The summed E-state index contributed by atoms with van der Waals surface area (Å²) in [7, 11) is 0. The standard InChI is InChI=1S/C13H13F3N4O2/c14-13(15,16)9-5-10-7-17-8-20(10)11(6-9)18-1-3-19(4-2-18)12(21)22/h5-8H,1-4H2,(H,21,22). The van der Waals surface area contributed by atoms with E-state index >= 15 is 0 Å². The first kappa shape index (κ1) is 14.5. The van der Waals surface area contributed by atoms with E-state index in [1.165, 1.54) is 17.4 Å². The third-order valence-electron chi connectivity index (χ3n) is 3.70. The molecule has 6 nitrogen and oxygen atoms in total. The number of pyridine rings is 1. The number of halogens is 3. The van der Waals surface area contributed by atoms with Crippen molar-refractivity contribution in [2.75, 3.05) is 31.1 Å². The largest absolute Gasteiger partial charge is 0.465 e. The van der Waals surface area contributed by atoms with E-state index in [4.69, 9.17) is 5.11 Å². The first-order valence-electron chi connectivity index (χ1n) is 6.62. The lowest BCUT2D eigenvalue weighted by atomic mass is 10.2. The molecule has 22 heavy (non-hydrogen) atoms. The van der Waals surface area contributed by atoms with Crippen LogP contribution >= 0.6 is 0 Å². The molecular weight excluding hydrogens is 301 g/mol. The van der Waals surface area contributed by atoms with Gasteiger partial charge in [0.25, 0.3) is 0 Å². The molecule has 3 heterocycles. The monoisotopic (exact) mass is 314 g/mol.